The molecule has 0 saturated carbocycles. The Labute approximate surface area is 176 Å². The van der Waals surface area contributed by atoms with Crippen LogP contribution in [0.15, 0.2) is 53.6 Å². The van der Waals surface area contributed by atoms with Gasteiger partial charge in [-0.3, -0.25) is 4.90 Å². The van der Waals surface area contributed by atoms with Gasteiger partial charge in [0.1, 0.15) is 5.82 Å². The second kappa shape index (κ2) is 10.6. The SMILES string of the molecule is CC(C)CNC(=O)NS(=O)(=O)c1ccc(CCNC(=O)N(C)c2ccccn2)cc1. The molecule has 0 aliphatic rings. The number of anilines is 1. The fourth-order valence-electron chi connectivity index (χ4n) is 2.44. The Balaban J connectivity index is 1.85. The van der Waals surface area contributed by atoms with Gasteiger partial charge < -0.3 is 10.6 Å². The summed E-state index contributed by atoms with van der Waals surface area (Å²) in [5.41, 5.74) is 0.846. The van der Waals surface area contributed by atoms with Gasteiger partial charge in [0.15, 0.2) is 0 Å². The Kier molecular flexibility index (Phi) is 8.16. The summed E-state index contributed by atoms with van der Waals surface area (Å²) in [6.07, 6.45) is 2.13. The van der Waals surface area contributed by atoms with Gasteiger partial charge in [-0.15, -0.1) is 0 Å². The third-order valence-corrected chi connectivity index (χ3v) is 5.47. The monoisotopic (exact) mass is 433 g/mol. The Hall–Kier alpha value is -3.14. The van der Waals surface area contributed by atoms with Crippen molar-refractivity contribution >= 4 is 27.9 Å². The lowest BCUT2D eigenvalue weighted by Crippen LogP contribution is -2.40. The van der Waals surface area contributed by atoms with Crippen molar-refractivity contribution in [3.8, 4) is 0 Å². The summed E-state index contributed by atoms with van der Waals surface area (Å²) in [5.74, 6) is 0.747. The van der Waals surface area contributed by atoms with Crippen LogP contribution in [0.4, 0.5) is 15.4 Å². The molecule has 9 nitrogen and oxygen atoms in total. The lowest BCUT2D eigenvalue weighted by atomic mass is 10.1. The van der Waals surface area contributed by atoms with Crippen LogP contribution in [0.5, 0.6) is 0 Å². The number of pyridine rings is 1. The third kappa shape index (κ3) is 7.03. The van der Waals surface area contributed by atoms with Gasteiger partial charge in [-0.25, -0.2) is 27.7 Å². The third-order valence-electron chi connectivity index (χ3n) is 4.12. The van der Waals surface area contributed by atoms with Crippen molar-refractivity contribution in [2.24, 2.45) is 5.92 Å². The average molecular weight is 434 g/mol. The van der Waals surface area contributed by atoms with Crippen molar-refractivity contribution in [1.82, 2.24) is 20.3 Å². The highest BCUT2D eigenvalue weighted by Crippen LogP contribution is 2.11. The molecular weight excluding hydrogens is 406 g/mol. The smallest absolute Gasteiger partial charge is 0.328 e. The molecule has 0 fully saturated rings. The zero-order valence-corrected chi connectivity index (χ0v) is 18.1. The van der Waals surface area contributed by atoms with Crippen molar-refractivity contribution < 1.29 is 18.0 Å². The Bertz CT molecular complexity index is 947. The van der Waals surface area contributed by atoms with Crippen LogP contribution in [0.2, 0.25) is 0 Å². The number of aromatic nitrogens is 1. The van der Waals surface area contributed by atoms with Crippen LogP contribution in [-0.4, -0.2) is 45.6 Å². The molecule has 0 spiro atoms. The summed E-state index contributed by atoms with van der Waals surface area (Å²) in [6.45, 7) is 4.57. The van der Waals surface area contributed by atoms with Crippen LogP contribution in [0.25, 0.3) is 0 Å². The van der Waals surface area contributed by atoms with Crippen molar-refractivity contribution in [2.45, 2.75) is 25.2 Å². The number of amides is 4. The van der Waals surface area contributed by atoms with Crippen LogP contribution < -0.4 is 20.3 Å². The lowest BCUT2D eigenvalue weighted by molar-refractivity contribution is 0.244. The van der Waals surface area contributed by atoms with Gasteiger partial charge in [-0.2, -0.15) is 0 Å². The molecule has 0 saturated heterocycles. The summed E-state index contributed by atoms with van der Waals surface area (Å²) in [6, 6.07) is 10.4. The first-order valence-corrected chi connectivity index (χ1v) is 11.0. The van der Waals surface area contributed by atoms with E-state index in [1.165, 1.54) is 17.0 Å². The molecule has 1 aromatic heterocycles. The molecule has 4 amide bonds. The van der Waals surface area contributed by atoms with E-state index in [1.54, 1.807) is 43.6 Å². The summed E-state index contributed by atoms with van der Waals surface area (Å²) in [4.78, 5) is 29.4. The van der Waals surface area contributed by atoms with E-state index in [-0.39, 0.29) is 16.8 Å². The Morgan fingerprint density at radius 1 is 1.07 bits per heavy atom. The van der Waals surface area contributed by atoms with Crippen LogP contribution in [0.3, 0.4) is 0 Å². The van der Waals surface area contributed by atoms with Gasteiger partial charge in [-0.1, -0.05) is 32.0 Å². The van der Waals surface area contributed by atoms with E-state index in [0.29, 0.717) is 25.3 Å². The predicted molar refractivity (Wildman–Crippen MR) is 115 cm³/mol. The highest BCUT2D eigenvalue weighted by molar-refractivity contribution is 7.90. The Morgan fingerprint density at radius 3 is 2.37 bits per heavy atom. The normalized spacial score (nSPS) is 11.1. The first-order valence-electron chi connectivity index (χ1n) is 9.51. The highest BCUT2D eigenvalue weighted by Gasteiger charge is 2.17. The quantitative estimate of drug-likeness (QED) is 0.589. The van der Waals surface area contributed by atoms with Crippen molar-refractivity contribution in [3.05, 3.63) is 54.2 Å². The molecule has 3 N–H and O–H groups in total. The predicted octanol–water partition coefficient (Wildman–Crippen LogP) is 2.11. The summed E-state index contributed by atoms with van der Waals surface area (Å²) >= 11 is 0. The molecule has 162 valence electrons. The number of carbonyl (C=O) groups is 2. The number of rotatable bonds is 8. The second-order valence-electron chi connectivity index (χ2n) is 7.08. The number of hydrogen-bond donors (Lipinski definition) is 3. The topological polar surface area (TPSA) is 120 Å². The number of nitrogens with zero attached hydrogens (tertiary/aromatic N) is 2. The Morgan fingerprint density at radius 2 is 1.77 bits per heavy atom. The maximum absolute atomic E-state index is 12.3. The standard InChI is InChI=1S/C20H27N5O4S/c1-15(2)14-23-19(26)24-30(28,29)17-9-7-16(8-10-17)11-13-22-20(27)25(3)18-6-4-5-12-21-18/h4-10,12,15H,11,13-14H2,1-3H3,(H,22,27)(H2,23,24,26). The molecule has 10 heteroatoms. The summed E-state index contributed by atoms with van der Waals surface area (Å²) < 4.78 is 26.5. The molecule has 0 aliphatic heterocycles. The molecule has 0 aliphatic carbocycles. The number of benzene rings is 1. The minimum Gasteiger partial charge on any atom is -0.337 e. The van der Waals surface area contributed by atoms with Gasteiger partial charge in [0, 0.05) is 26.3 Å². The first-order chi connectivity index (χ1) is 14.2. The van der Waals surface area contributed by atoms with Gasteiger partial charge in [-0.05, 0) is 42.2 Å². The van der Waals surface area contributed by atoms with E-state index >= 15 is 0 Å². The minimum atomic E-state index is -3.95. The highest BCUT2D eigenvalue weighted by atomic mass is 32.2. The van der Waals surface area contributed by atoms with Crippen molar-refractivity contribution in [2.75, 3.05) is 25.0 Å². The average Bonchev–Trinajstić information content (AvgIpc) is 2.72. The van der Waals surface area contributed by atoms with Gasteiger partial charge in [0.25, 0.3) is 10.0 Å². The molecule has 1 aromatic carbocycles. The fourth-order valence-corrected chi connectivity index (χ4v) is 3.37. The molecule has 2 aromatic rings. The summed E-state index contributed by atoms with van der Waals surface area (Å²) in [7, 11) is -2.32. The first kappa shape index (κ1) is 23.1. The van der Waals surface area contributed by atoms with Crippen LogP contribution in [-0.2, 0) is 16.4 Å². The lowest BCUT2D eigenvalue weighted by Gasteiger charge is -2.16. The zero-order valence-electron chi connectivity index (χ0n) is 17.3. The van der Waals surface area contributed by atoms with E-state index in [1.807, 2.05) is 18.6 Å². The van der Waals surface area contributed by atoms with Crippen LogP contribution in [0.1, 0.15) is 19.4 Å². The molecule has 2 rings (SSSR count). The number of carbonyl (C=O) groups excluding carboxylic acids is 2. The fraction of sp³-hybridized carbons (Fsp3) is 0.350. The zero-order chi connectivity index (χ0) is 22.1. The van der Waals surface area contributed by atoms with E-state index in [2.05, 4.69) is 15.6 Å². The van der Waals surface area contributed by atoms with E-state index in [0.717, 1.165) is 5.56 Å². The summed E-state index contributed by atoms with van der Waals surface area (Å²) in [5, 5.41) is 5.29. The molecular formula is C20H27N5O4S. The molecule has 0 bridgehead atoms. The minimum absolute atomic E-state index is 0.00938. The van der Waals surface area contributed by atoms with Gasteiger partial charge in [0.05, 0.1) is 4.90 Å². The van der Waals surface area contributed by atoms with Crippen molar-refractivity contribution in [1.29, 1.82) is 0 Å². The molecule has 0 unspecified atom stereocenters. The van der Waals surface area contributed by atoms with Crippen molar-refractivity contribution in [3.63, 3.8) is 0 Å². The van der Waals surface area contributed by atoms with Gasteiger partial charge >= 0.3 is 12.1 Å². The molecule has 0 radical (unpaired) electrons. The maximum Gasteiger partial charge on any atom is 0.328 e. The molecule has 30 heavy (non-hydrogen) atoms. The number of hydrogen-bond acceptors (Lipinski definition) is 5. The van der Waals surface area contributed by atoms with Gasteiger partial charge in [0.2, 0.25) is 0 Å². The maximum atomic E-state index is 12.3. The van der Waals surface area contributed by atoms with Crippen LogP contribution in [0, 0.1) is 5.92 Å². The number of urea groups is 2. The van der Waals surface area contributed by atoms with E-state index in [4.69, 9.17) is 0 Å². The van der Waals surface area contributed by atoms with E-state index < -0.39 is 16.1 Å². The second-order valence-corrected chi connectivity index (χ2v) is 8.76. The number of nitrogens with one attached hydrogen (secondary N) is 3. The number of sulfonamides is 1. The van der Waals surface area contributed by atoms with E-state index in [9.17, 15) is 18.0 Å². The molecule has 0 atom stereocenters. The largest absolute Gasteiger partial charge is 0.337 e. The molecule has 1 heterocycles. The van der Waals surface area contributed by atoms with Crippen LogP contribution >= 0.6 is 0 Å².